The first-order valence-electron chi connectivity index (χ1n) is 6.24. The second kappa shape index (κ2) is 5.71. The SMILES string of the molecule is COc1ccc(C(=O)N[C@@H](C)CN)c2ccccc12. The van der Waals surface area contributed by atoms with Gasteiger partial charge in [-0.25, -0.2) is 0 Å². The second-order valence-electron chi connectivity index (χ2n) is 4.47. The van der Waals surface area contributed by atoms with Gasteiger partial charge in [-0.3, -0.25) is 4.79 Å². The first-order valence-corrected chi connectivity index (χ1v) is 6.24. The molecule has 3 N–H and O–H groups in total. The van der Waals surface area contributed by atoms with E-state index >= 15 is 0 Å². The number of nitrogens with one attached hydrogen (secondary N) is 1. The lowest BCUT2D eigenvalue weighted by molar-refractivity contribution is 0.0943. The van der Waals surface area contributed by atoms with Crippen LogP contribution in [0.15, 0.2) is 36.4 Å². The van der Waals surface area contributed by atoms with Gasteiger partial charge in [0.15, 0.2) is 0 Å². The van der Waals surface area contributed by atoms with E-state index in [2.05, 4.69) is 5.32 Å². The molecule has 0 aliphatic carbocycles. The van der Waals surface area contributed by atoms with Crippen molar-refractivity contribution in [1.82, 2.24) is 5.32 Å². The van der Waals surface area contributed by atoms with Crippen LogP contribution in [0.3, 0.4) is 0 Å². The van der Waals surface area contributed by atoms with Crippen molar-refractivity contribution in [2.45, 2.75) is 13.0 Å². The topological polar surface area (TPSA) is 64.3 Å². The van der Waals surface area contributed by atoms with Crippen LogP contribution in [-0.4, -0.2) is 25.6 Å². The van der Waals surface area contributed by atoms with E-state index in [1.54, 1.807) is 13.2 Å². The molecule has 0 unspecified atom stereocenters. The minimum Gasteiger partial charge on any atom is -0.496 e. The summed E-state index contributed by atoms with van der Waals surface area (Å²) >= 11 is 0. The number of benzene rings is 2. The van der Waals surface area contributed by atoms with Crippen molar-refractivity contribution in [1.29, 1.82) is 0 Å². The maximum atomic E-state index is 12.2. The van der Waals surface area contributed by atoms with Gasteiger partial charge in [0, 0.05) is 23.5 Å². The van der Waals surface area contributed by atoms with E-state index < -0.39 is 0 Å². The Morgan fingerprint density at radius 3 is 2.58 bits per heavy atom. The van der Waals surface area contributed by atoms with Gasteiger partial charge >= 0.3 is 0 Å². The molecule has 100 valence electrons. The van der Waals surface area contributed by atoms with Crippen LogP contribution >= 0.6 is 0 Å². The largest absolute Gasteiger partial charge is 0.496 e. The molecule has 0 saturated heterocycles. The van der Waals surface area contributed by atoms with Crippen molar-refractivity contribution < 1.29 is 9.53 Å². The lowest BCUT2D eigenvalue weighted by Crippen LogP contribution is -2.37. The number of fused-ring (bicyclic) bond motifs is 1. The van der Waals surface area contributed by atoms with Crippen LogP contribution < -0.4 is 15.8 Å². The van der Waals surface area contributed by atoms with Gasteiger partial charge in [-0.1, -0.05) is 24.3 Å². The van der Waals surface area contributed by atoms with Gasteiger partial charge < -0.3 is 15.8 Å². The van der Waals surface area contributed by atoms with Crippen molar-refractivity contribution in [3.05, 3.63) is 42.0 Å². The van der Waals surface area contributed by atoms with Crippen LogP contribution in [-0.2, 0) is 0 Å². The molecule has 1 atom stereocenters. The normalized spacial score (nSPS) is 12.2. The Balaban J connectivity index is 2.47. The molecular weight excluding hydrogens is 240 g/mol. The van der Waals surface area contributed by atoms with E-state index in [0.29, 0.717) is 12.1 Å². The summed E-state index contributed by atoms with van der Waals surface area (Å²) in [5.41, 5.74) is 6.16. The number of carbonyl (C=O) groups excluding carboxylic acids is 1. The van der Waals surface area contributed by atoms with Crippen molar-refractivity contribution in [2.24, 2.45) is 5.73 Å². The van der Waals surface area contributed by atoms with Crippen LogP contribution in [0.2, 0.25) is 0 Å². The van der Waals surface area contributed by atoms with Gasteiger partial charge in [-0.05, 0) is 24.4 Å². The van der Waals surface area contributed by atoms with Crippen molar-refractivity contribution in [3.63, 3.8) is 0 Å². The molecule has 19 heavy (non-hydrogen) atoms. The summed E-state index contributed by atoms with van der Waals surface area (Å²) in [7, 11) is 1.62. The number of methoxy groups -OCH3 is 1. The smallest absolute Gasteiger partial charge is 0.252 e. The Kier molecular flexibility index (Phi) is 4.02. The molecule has 2 aromatic rings. The average molecular weight is 258 g/mol. The zero-order valence-corrected chi connectivity index (χ0v) is 11.1. The number of hydrogen-bond donors (Lipinski definition) is 2. The molecule has 0 aliphatic rings. The van der Waals surface area contributed by atoms with E-state index in [1.165, 1.54) is 0 Å². The quantitative estimate of drug-likeness (QED) is 0.880. The fraction of sp³-hybridized carbons (Fsp3) is 0.267. The number of rotatable bonds is 4. The summed E-state index contributed by atoms with van der Waals surface area (Å²) in [6, 6.07) is 11.2. The summed E-state index contributed by atoms with van der Waals surface area (Å²) in [6.45, 7) is 2.30. The summed E-state index contributed by atoms with van der Waals surface area (Å²) in [4.78, 5) is 12.2. The highest BCUT2D eigenvalue weighted by Gasteiger charge is 2.13. The van der Waals surface area contributed by atoms with Gasteiger partial charge in [0.25, 0.3) is 5.91 Å². The molecule has 0 aromatic heterocycles. The highest BCUT2D eigenvalue weighted by atomic mass is 16.5. The molecule has 2 aromatic carbocycles. The molecule has 0 saturated carbocycles. The monoisotopic (exact) mass is 258 g/mol. The van der Waals surface area contributed by atoms with Crippen LogP contribution in [0.4, 0.5) is 0 Å². The highest BCUT2D eigenvalue weighted by Crippen LogP contribution is 2.28. The molecule has 4 heteroatoms. The molecule has 0 fully saturated rings. The molecule has 0 spiro atoms. The molecule has 4 nitrogen and oxygen atoms in total. The van der Waals surface area contributed by atoms with Gasteiger partial charge in [-0.15, -0.1) is 0 Å². The maximum Gasteiger partial charge on any atom is 0.252 e. The van der Waals surface area contributed by atoms with Gasteiger partial charge in [0.2, 0.25) is 0 Å². The molecule has 0 bridgehead atoms. The predicted molar refractivity (Wildman–Crippen MR) is 76.5 cm³/mol. The van der Waals surface area contributed by atoms with Crippen LogP contribution in [0.1, 0.15) is 17.3 Å². The van der Waals surface area contributed by atoms with E-state index in [1.807, 2.05) is 37.3 Å². The molecule has 1 amide bonds. The van der Waals surface area contributed by atoms with Crippen LogP contribution in [0.5, 0.6) is 5.75 Å². The minimum atomic E-state index is -0.114. The molecule has 2 rings (SSSR count). The first-order chi connectivity index (χ1) is 9.17. The Morgan fingerprint density at radius 2 is 1.95 bits per heavy atom. The molecule has 0 aliphatic heterocycles. The van der Waals surface area contributed by atoms with E-state index in [0.717, 1.165) is 16.5 Å². The number of nitrogens with two attached hydrogens (primary N) is 1. The maximum absolute atomic E-state index is 12.2. The molecule has 0 heterocycles. The summed E-state index contributed by atoms with van der Waals surface area (Å²) in [5.74, 6) is 0.649. The van der Waals surface area contributed by atoms with Crippen molar-refractivity contribution in [2.75, 3.05) is 13.7 Å². The Labute approximate surface area is 112 Å². The fourth-order valence-corrected chi connectivity index (χ4v) is 2.01. The van der Waals surface area contributed by atoms with E-state index in [4.69, 9.17) is 10.5 Å². The first kappa shape index (κ1) is 13.4. The molecule has 0 radical (unpaired) electrons. The Morgan fingerprint density at radius 1 is 1.26 bits per heavy atom. The summed E-state index contributed by atoms with van der Waals surface area (Å²) in [6.07, 6.45) is 0. The van der Waals surface area contributed by atoms with Crippen LogP contribution in [0, 0.1) is 0 Å². The van der Waals surface area contributed by atoms with Gasteiger partial charge in [0.1, 0.15) is 5.75 Å². The highest BCUT2D eigenvalue weighted by molar-refractivity contribution is 6.08. The standard InChI is InChI=1S/C15H18N2O2/c1-10(9-16)17-15(18)13-7-8-14(19-2)12-6-4-3-5-11(12)13/h3-8,10H,9,16H2,1-2H3,(H,17,18)/t10-/m0/s1. The van der Waals surface area contributed by atoms with Crippen molar-refractivity contribution >= 4 is 16.7 Å². The zero-order chi connectivity index (χ0) is 13.8. The third-order valence-corrected chi connectivity index (χ3v) is 3.08. The number of amides is 1. The summed E-state index contributed by atoms with van der Waals surface area (Å²) in [5, 5.41) is 4.68. The Hall–Kier alpha value is -2.07. The minimum absolute atomic E-state index is 0.0478. The lowest BCUT2D eigenvalue weighted by atomic mass is 10.0. The molecular formula is C15H18N2O2. The van der Waals surface area contributed by atoms with Gasteiger partial charge in [-0.2, -0.15) is 0 Å². The second-order valence-corrected chi connectivity index (χ2v) is 4.47. The fourth-order valence-electron chi connectivity index (χ4n) is 2.01. The third kappa shape index (κ3) is 2.69. The van der Waals surface area contributed by atoms with E-state index in [-0.39, 0.29) is 11.9 Å². The van der Waals surface area contributed by atoms with Gasteiger partial charge in [0.05, 0.1) is 7.11 Å². The number of hydrogen-bond acceptors (Lipinski definition) is 3. The third-order valence-electron chi connectivity index (χ3n) is 3.08. The predicted octanol–water partition coefficient (Wildman–Crippen LogP) is 1.93. The van der Waals surface area contributed by atoms with Crippen molar-refractivity contribution in [3.8, 4) is 5.75 Å². The average Bonchev–Trinajstić information content (AvgIpc) is 2.45. The summed E-state index contributed by atoms with van der Waals surface area (Å²) < 4.78 is 5.31. The number of ether oxygens (including phenoxy) is 1. The Bertz CT molecular complexity index is 596. The number of carbonyl (C=O) groups is 1. The van der Waals surface area contributed by atoms with Crippen LogP contribution in [0.25, 0.3) is 10.8 Å². The lowest BCUT2D eigenvalue weighted by Gasteiger charge is -2.14. The van der Waals surface area contributed by atoms with E-state index in [9.17, 15) is 4.79 Å². The zero-order valence-electron chi connectivity index (χ0n) is 11.1.